The molecule has 0 atom stereocenters. The minimum atomic E-state index is 0.241. The van der Waals surface area contributed by atoms with Gasteiger partial charge in [-0.15, -0.1) is 0 Å². The molecule has 2 heteroatoms. The largest absolute Gasteiger partial charge is 0.310 e. The van der Waals surface area contributed by atoms with Crippen LogP contribution in [0.2, 0.25) is 5.02 Å². The lowest BCUT2D eigenvalue weighted by Crippen LogP contribution is -2.24. The van der Waals surface area contributed by atoms with Crippen molar-refractivity contribution in [2.24, 2.45) is 0 Å². The van der Waals surface area contributed by atoms with Crippen molar-refractivity contribution in [2.75, 3.05) is 7.05 Å². The molecule has 0 bridgehead atoms. The Morgan fingerprint density at radius 2 is 2.17 bits per heavy atom. The zero-order valence-electron chi connectivity index (χ0n) is 7.10. The number of hydrogen-bond acceptors (Lipinski definition) is 1. The highest BCUT2D eigenvalue weighted by atomic mass is 35.5. The van der Waals surface area contributed by atoms with Gasteiger partial charge in [-0.25, -0.2) is 0 Å². The second-order valence-electron chi connectivity index (χ2n) is 3.34. The number of halogens is 1. The van der Waals surface area contributed by atoms with Crippen molar-refractivity contribution < 1.29 is 0 Å². The minimum Gasteiger partial charge on any atom is -0.310 e. The Kier molecular flexibility index (Phi) is 1.85. The minimum absolute atomic E-state index is 0.241. The molecule has 1 N–H and O–H groups in total. The molecule has 0 unspecified atom stereocenters. The van der Waals surface area contributed by atoms with Gasteiger partial charge in [0, 0.05) is 10.6 Å². The maximum absolute atomic E-state index is 5.91. The number of rotatable bonds is 2. The predicted molar refractivity (Wildman–Crippen MR) is 51.4 cm³/mol. The predicted octanol–water partition coefficient (Wildman–Crippen LogP) is 2.55. The summed E-state index contributed by atoms with van der Waals surface area (Å²) >= 11 is 5.91. The quantitative estimate of drug-likeness (QED) is 0.740. The van der Waals surface area contributed by atoms with Gasteiger partial charge in [-0.05, 0) is 37.6 Å². The Morgan fingerprint density at radius 1 is 1.42 bits per heavy atom. The van der Waals surface area contributed by atoms with Crippen LogP contribution in [-0.4, -0.2) is 7.05 Å². The van der Waals surface area contributed by atoms with Gasteiger partial charge >= 0.3 is 0 Å². The van der Waals surface area contributed by atoms with Crippen molar-refractivity contribution >= 4 is 11.6 Å². The molecular weight excluding hydrogens is 170 g/mol. The summed E-state index contributed by atoms with van der Waals surface area (Å²) in [6, 6.07) is 8.10. The van der Waals surface area contributed by atoms with E-state index >= 15 is 0 Å². The van der Waals surface area contributed by atoms with Gasteiger partial charge in [0.2, 0.25) is 0 Å². The van der Waals surface area contributed by atoms with Crippen LogP contribution in [0.4, 0.5) is 0 Å². The first kappa shape index (κ1) is 8.09. The summed E-state index contributed by atoms with van der Waals surface area (Å²) in [7, 11) is 2.01. The first-order valence-corrected chi connectivity index (χ1v) is 4.60. The number of benzene rings is 1. The Balaban J connectivity index is 2.34. The fraction of sp³-hybridized carbons (Fsp3) is 0.400. The van der Waals surface area contributed by atoms with Gasteiger partial charge < -0.3 is 5.32 Å². The number of hydrogen-bond donors (Lipinski definition) is 1. The van der Waals surface area contributed by atoms with Crippen LogP contribution >= 0.6 is 11.6 Å². The average molecular weight is 182 g/mol. The molecule has 0 saturated heterocycles. The summed E-state index contributed by atoms with van der Waals surface area (Å²) in [5.41, 5.74) is 1.56. The third-order valence-corrected chi connectivity index (χ3v) is 2.84. The zero-order valence-corrected chi connectivity index (χ0v) is 7.86. The van der Waals surface area contributed by atoms with E-state index in [9.17, 15) is 0 Å². The van der Waals surface area contributed by atoms with E-state index in [0.29, 0.717) is 0 Å². The molecule has 2 rings (SSSR count). The molecule has 0 spiro atoms. The van der Waals surface area contributed by atoms with Gasteiger partial charge in [0.1, 0.15) is 0 Å². The molecule has 1 aliphatic carbocycles. The highest BCUT2D eigenvalue weighted by Gasteiger charge is 2.42. The van der Waals surface area contributed by atoms with E-state index < -0.39 is 0 Å². The van der Waals surface area contributed by atoms with Crippen molar-refractivity contribution in [1.82, 2.24) is 5.32 Å². The summed E-state index contributed by atoms with van der Waals surface area (Å²) in [5, 5.41) is 4.17. The summed E-state index contributed by atoms with van der Waals surface area (Å²) in [6.07, 6.45) is 2.45. The Morgan fingerprint density at radius 3 is 2.67 bits per heavy atom. The Labute approximate surface area is 77.7 Å². The zero-order chi connectivity index (χ0) is 8.60. The van der Waals surface area contributed by atoms with Crippen molar-refractivity contribution in [2.45, 2.75) is 18.4 Å². The fourth-order valence-electron chi connectivity index (χ4n) is 1.59. The SMILES string of the molecule is CNC1(c2cccc(Cl)c2)CC1. The molecule has 1 aromatic rings. The van der Waals surface area contributed by atoms with Crippen LogP contribution in [0.1, 0.15) is 18.4 Å². The van der Waals surface area contributed by atoms with Crippen LogP contribution in [0.25, 0.3) is 0 Å². The molecular formula is C10H12ClN. The molecule has 12 heavy (non-hydrogen) atoms. The van der Waals surface area contributed by atoms with Crippen molar-refractivity contribution in [3.8, 4) is 0 Å². The molecule has 1 fully saturated rings. The lowest BCUT2D eigenvalue weighted by Gasteiger charge is -2.14. The molecule has 1 aliphatic rings. The second-order valence-corrected chi connectivity index (χ2v) is 3.78. The highest BCUT2D eigenvalue weighted by molar-refractivity contribution is 6.30. The van der Waals surface area contributed by atoms with E-state index in [0.717, 1.165) is 5.02 Å². The summed E-state index contributed by atoms with van der Waals surface area (Å²) in [4.78, 5) is 0. The fourth-order valence-corrected chi connectivity index (χ4v) is 1.78. The highest BCUT2D eigenvalue weighted by Crippen LogP contribution is 2.45. The Bertz CT molecular complexity index is 292. The maximum atomic E-state index is 5.91. The lowest BCUT2D eigenvalue weighted by atomic mass is 10.1. The van der Waals surface area contributed by atoms with E-state index in [1.165, 1.54) is 18.4 Å². The molecule has 0 radical (unpaired) electrons. The van der Waals surface area contributed by atoms with E-state index in [1.807, 2.05) is 25.2 Å². The van der Waals surface area contributed by atoms with E-state index in [2.05, 4.69) is 11.4 Å². The summed E-state index contributed by atoms with van der Waals surface area (Å²) < 4.78 is 0. The first-order chi connectivity index (χ1) is 5.77. The van der Waals surface area contributed by atoms with Crippen LogP contribution in [0.15, 0.2) is 24.3 Å². The van der Waals surface area contributed by atoms with E-state index in [4.69, 9.17) is 11.6 Å². The third kappa shape index (κ3) is 1.23. The molecule has 0 heterocycles. The van der Waals surface area contributed by atoms with Gasteiger partial charge in [0.05, 0.1) is 0 Å². The summed E-state index contributed by atoms with van der Waals surface area (Å²) in [5.74, 6) is 0. The van der Waals surface area contributed by atoms with Crippen molar-refractivity contribution in [3.05, 3.63) is 34.9 Å². The molecule has 0 aromatic heterocycles. The first-order valence-electron chi connectivity index (χ1n) is 4.22. The van der Waals surface area contributed by atoms with Crippen LogP contribution in [0.3, 0.4) is 0 Å². The monoisotopic (exact) mass is 181 g/mol. The third-order valence-electron chi connectivity index (χ3n) is 2.61. The van der Waals surface area contributed by atoms with E-state index in [-0.39, 0.29) is 5.54 Å². The van der Waals surface area contributed by atoms with Gasteiger partial charge in [-0.3, -0.25) is 0 Å². The van der Waals surface area contributed by atoms with Crippen LogP contribution in [0.5, 0.6) is 0 Å². The van der Waals surface area contributed by atoms with Crippen molar-refractivity contribution in [3.63, 3.8) is 0 Å². The molecule has 0 amide bonds. The van der Waals surface area contributed by atoms with Crippen molar-refractivity contribution in [1.29, 1.82) is 0 Å². The normalized spacial score (nSPS) is 19.2. The molecule has 1 saturated carbocycles. The van der Waals surface area contributed by atoms with Gasteiger partial charge in [-0.1, -0.05) is 23.7 Å². The van der Waals surface area contributed by atoms with Crippen LogP contribution < -0.4 is 5.32 Å². The summed E-state index contributed by atoms with van der Waals surface area (Å²) in [6.45, 7) is 0. The van der Waals surface area contributed by atoms with Gasteiger partial charge in [0.25, 0.3) is 0 Å². The second kappa shape index (κ2) is 2.75. The lowest BCUT2D eigenvalue weighted by molar-refractivity contribution is 0.586. The average Bonchev–Trinajstić information content (AvgIpc) is 2.84. The Hall–Kier alpha value is -0.530. The maximum Gasteiger partial charge on any atom is 0.0434 e. The molecule has 64 valence electrons. The van der Waals surface area contributed by atoms with Gasteiger partial charge in [-0.2, -0.15) is 0 Å². The van der Waals surface area contributed by atoms with Crippen LogP contribution in [-0.2, 0) is 5.54 Å². The van der Waals surface area contributed by atoms with E-state index in [1.54, 1.807) is 0 Å². The van der Waals surface area contributed by atoms with Crippen LogP contribution in [0, 0.1) is 0 Å². The standard InChI is InChI=1S/C10H12ClN/c1-12-10(5-6-10)8-3-2-4-9(11)7-8/h2-4,7,12H,5-6H2,1H3. The van der Waals surface area contributed by atoms with Gasteiger partial charge in [0.15, 0.2) is 0 Å². The molecule has 1 aromatic carbocycles. The number of nitrogens with one attached hydrogen (secondary N) is 1. The topological polar surface area (TPSA) is 12.0 Å². The smallest absolute Gasteiger partial charge is 0.0434 e. The molecule has 1 nitrogen and oxygen atoms in total. The molecule has 0 aliphatic heterocycles.